The Labute approximate surface area is 134 Å². The second-order valence-electron chi connectivity index (χ2n) is 6.86. The Bertz CT molecular complexity index is 617. The van der Waals surface area contributed by atoms with Crippen LogP contribution in [0.4, 0.5) is 0 Å². The molecule has 1 N–H and O–H groups in total. The lowest BCUT2D eigenvalue weighted by molar-refractivity contribution is -0.149. The van der Waals surface area contributed by atoms with Crippen LogP contribution in [-0.4, -0.2) is 34.2 Å². The van der Waals surface area contributed by atoms with Gasteiger partial charge in [0.05, 0.1) is 12.3 Å². The molecule has 1 spiro atoms. The van der Waals surface area contributed by atoms with Gasteiger partial charge in [0.2, 0.25) is 11.8 Å². The maximum Gasteiger partial charge on any atom is 0.307 e. The number of esters is 1. The summed E-state index contributed by atoms with van der Waals surface area (Å²) in [6.45, 7) is 0.436. The number of nitrogens with zero attached hydrogens (tertiary/aromatic N) is 2. The second-order valence-corrected chi connectivity index (χ2v) is 6.86. The summed E-state index contributed by atoms with van der Waals surface area (Å²) < 4.78 is 10.7. The number of ether oxygens (including phenoxy) is 1. The summed E-state index contributed by atoms with van der Waals surface area (Å²) in [7, 11) is 0. The van der Waals surface area contributed by atoms with Crippen molar-refractivity contribution in [3.8, 4) is 0 Å². The van der Waals surface area contributed by atoms with Crippen molar-refractivity contribution in [2.24, 2.45) is 5.92 Å². The molecule has 23 heavy (non-hydrogen) atoms. The van der Waals surface area contributed by atoms with Gasteiger partial charge in [-0.3, -0.25) is 9.59 Å². The summed E-state index contributed by atoms with van der Waals surface area (Å²) in [5.41, 5.74) is -0.551. The summed E-state index contributed by atoms with van der Waals surface area (Å²) in [5, 5.41) is 6.86. The molecule has 3 aliphatic rings. The first-order valence-corrected chi connectivity index (χ1v) is 8.48. The van der Waals surface area contributed by atoms with Gasteiger partial charge in [-0.2, -0.15) is 4.98 Å². The fraction of sp³-hybridized carbons (Fsp3) is 0.750. The topological polar surface area (TPSA) is 94.3 Å². The van der Waals surface area contributed by atoms with E-state index in [1.807, 2.05) is 0 Å². The van der Waals surface area contributed by atoms with Gasteiger partial charge in [-0.1, -0.05) is 5.16 Å². The molecule has 1 aliphatic heterocycles. The third-order valence-electron chi connectivity index (χ3n) is 5.15. The molecule has 0 bridgehead atoms. The standard InChI is InChI=1S/C16H21N3O4/c20-13-9-11(16(22-13)6-1-2-7-16)15(21)17-8-5-12-18-14(19-23-12)10-3-4-10/h10-11H,1-9H2,(H,17,21)/t11-/m0/s1. The first kappa shape index (κ1) is 14.7. The number of carbonyl (C=O) groups excluding carboxylic acids is 2. The molecule has 1 saturated heterocycles. The third-order valence-corrected chi connectivity index (χ3v) is 5.15. The van der Waals surface area contributed by atoms with Crippen LogP contribution in [0.3, 0.4) is 0 Å². The predicted molar refractivity (Wildman–Crippen MR) is 78.4 cm³/mol. The minimum Gasteiger partial charge on any atom is -0.458 e. The molecule has 3 fully saturated rings. The number of hydrogen-bond donors (Lipinski definition) is 1. The number of nitrogens with one attached hydrogen (secondary N) is 1. The second kappa shape index (κ2) is 5.62. The molecule has 2 saturated carbocycles. The molecule has 1 amide bonds. The van der Waals surface area contributed by atoms with Gasteiger partial charge >= 0.3 is 5.97 Å². The van der Waals surface area contributed by atoms with Crippen molar-refractivity contribution in [1.29, 1.82) is 0 Å². The monoisotopic (exact) mass is 319 g/mol. The van der Waals surface area contributed by atoms with Crippen molar-refractivity contribution in [2.45, 2.75) is 62.9 Å². The molecule has 0 aromatic carbocycles. The van der Waals surface area contributed by atoms with Gasteiger partial charge in [0.1, 0.15) is 5.60 Å². The molecule has 2 heterocycles. The average Bonchev–Trinajstić information content (AvgIpc) is 2.96. The van der Waals surface area contributed by atoms with Crippen LogP contribution in [0.1, 0.15) is 62.6 Å². The third kappa shape index (κ3) is 2.84. The Morgan fingerprint density at radius 1 is 1.30 bits per heavy atom. The highest BCUT2D eigenvalue weighted by Crippen LogP contribution is 2.45. The summed E-state index contributed by atoms with van der Waals surface area (Å²) in [6, 6.07) is 0. The van der Waals surface area contributed by atoms with Crippen LogP contribution < -0.4 is 5.32 Å². The Hall–Kier alpha value is -1.92. The molecule has 124 valence electrons. The molecule has 1 aromatic rings. The van der Waals surface area contributed by atoms with Crippen molar-refractivity contribution < 1.29 is 18.8 Å². The molecule has 0 unspecified atom stereocenters. The number of carbonyl (C=O) groups is 2. The number of aromatic nitrogens is 2. The van der Waals surface area contributed by atoms with Crippen molar-refractivity contribution in [2.75, 3.05) is 6.54 Å². The van der Waals surface area contributed by atoms with E-state index in [-0.39, 0.29) is 24.2 Å². The first-order chi connectivity index (χ1) is 11.2. The zero-order valence-corrected chi connectivity index (χ0v) is 13.0. The molecule has 7 nitrogen and oxygen atoms in total. The Kier molecular flexibility index (Phi) is 3.58. The van der Waals surface area contributed by atoms with Gasteiger partial charge < -0.3 is 14.6 Å². The number of rotatable bonds is 5. The highest BCUT2D eigenvalue weighted by molar-refractivity contribution is 5.87. The lowest BCUT2D eigenvalue weighted by atomic mass is 9.85. The first-order valence-electron chi connectivity index (χ1n) is 8.48. The zero-order valence-electron chi connectivity index (χ0n) is 13.0. The van der Waals surface area contributed by atoms with E-state index < -0.39 is 5.60 Å². The van der Waals surface area contributed by atoms with Gasteiger partial charge in [0.25, 0.3) is 0 Å². The van der Waals surface area contributed by atoms with Crippen molar-refractivity contribution in [3.05, 3.63) is 11.7 Å². The van der Waals surface area contributed by atoms with Crippen LogP contribution in [-0.2, 0) is 20.7 Å². The van der Waals surface area contributed by atoms with Crippen LogP contribution in [0, 0.1) is 5.92 Å². The minimum atomic E-state index is -0.551. The van der Waals surface area contributed by atoms with Gasteiger partial charge in [-0.25, -0.2) is 0 Å². The fourth-order valence-corrected chi connectivity index (χ4v) is 3.74. The zero-order chi connectivity index (χ0) is 15.9. The number of hydrogen-bond acceptors (Lipinski definition) is 6. The lowest BCUT2D eigenvalue weighted by Crippen LogP contribution is -2.43. The van der Waals surface area contributed by atoms with Crippen LogP contribution >= 0.6 is 0 Å². The SMILES string of the molecule is O=C1C[C@@H](C(=O)NCCc2nc(C3CC3)no2)C2(CCCC2)O1. The lowest BCUT2D eigenvalue weighted by Gasteiger charge is -2.27. The summed E-state index contributed by atoms with van der Waals surface area (Å²) in [6.07, 6.45) is 6.60. The van der Waals surface area contributed by atoms with Crippen molar-refractivity contribution in [1.82, 2.24) is 15.5 Å². The van der Waals surface area contributed by atoms with Crippen LogP contribution in [0.2, 0.25) is 0 Å². The van der Waals surface area contributed by atoms with E-state index >= 15 is 0 Å². The predicted octanol–water partition coefficient (Wildman–Crippen LogP) is 1.48. The van der Waals surface area contributed by atoms with Crippen LogP contribution in [0.25, 0.3) is 0 Å². The summed E-state index contributed by atoms with van der Waals surface area (Å²) in [4.78, 5) is 28.4. The molecular formula is C16H21N3O4. The fourth-order valence-electron chi connectivity index (χ4n) is 3.74. The van der Waals surface area contributed by atoms with E-state index in [1.54, 1.807) is 0 Å². The summed E-state index contributed by atoms with van der Waals surface area (Å²) in [5.74, 6) is 1.10. The van der Waals surface area contributed by atoms with Crippen molar-refractivity contribution >= 4 is 11.9 Å². The molecule has 4 rings (SSSR count). The molecule has 7 heteroatoms. The van der Waals surface area contributed by atoms with Crippen LogP contribution in [0.5, 0.6) is 0 Å². The highest BCUT2D eigenvalue weighted by Gasteiger charge is 2.53. The van der Waals surface area contributed by atoms with Gasteiger partial charge in [-0.05, 0) is 38.5 Å². The van der Waals surface area contributed by atoms with E-state index in [4.69, 9.17) is 9.26 Å². The molecule has 0 radical (unpaired) electrons. The maximum atomic E-state index is 12.5. The quantitative estimate of drug-likeness (QED) is 0.826. The van der Waals surface area contributed by atoms with E-state index in [0.717, 1.165) is 44.3 Å². The maximum absolute atomic E-state index is 12.5. The Balaban J connectivity index is 1.31. The highest BCUT2D eigenvalue weighted by atomic mass is 16.6. The van der Waals surface area contributed by atoms with E-state index in [9.17, 15) is 9.59 Å². The minimum absolute atomic E-state index is 0.0975. The average molecular weight is 319 g/mol. The van der Waals surface area contributed by atoms with Crippen molar-refractivity contribution in [3.63, 3.8) is 0 Å². The normalized spacial score (nSPS) is 25.7. The summed E-state index contributed by atoms with van der Waals surface area (Å²) >= 11 is 0. The van der Waals surface area contributed by atoms with Crippen LogP contribution in [0.15, 0.2) is 4.52 Å². The van der Waals surface area contributed by atoms with E-state index in [1.165, 1.54) is 0 Å². The van der Waals surface area contributed by atoms with E-state index in [2.05, 4.69) is 15.5 Å². The molecule has 1 aromatic heterocycles. The van der Waals surface area contributed by atoms with Gasteiger partial charge in [-0.15, -0.1) is 0 Å². The molecule has 1 atom stereocenters. The Morgan fingerprint density at radius 2 is 2.09 bits per heavy atom. The van der Waals surface area contributed by atoms with Gasteiger partial charge in [0.15, 0.2) is 5.82 Å². The molecule has 2 aliphatic carbocycles. The Morgan fingerprint density at radius 3 is 2.83 bits per heavy atom. The van der Waals surface area contributed by atoms with Gasteiger partial charge in [0, 0.05) is 18.9 Å². The number of amides is 1. The largest absolute Gasteiger partial charge is 0.458 e. The van der Waals surface area contributed by atoms with E-state index in [0.29, 0.717) is 24.8 Å². The molecular weight excluding hydrogens is 298 g/mol. The smallest absolute Gasteiger partial charge is 0.307 e.